The molecule has 0 saturated carbocycles. The first-order valence-corrected chi connectivity index (χ1v) is 5.67. The highest BCUT2D eigenvalue weighted by Gasteiger charge is 2.35. The molecule has 2 aromatic rings. The number of rotatable bonds is 1. The van der Waals surface area contributed by atoms with Gasteiger partial charge in [0.2, 0.25) is 0 Å². The van der Waals surface area contributed by atoms with Crippen molar-refractivity contribution < 1.29 is 9.21 Å². The second-order valence-corrected chi connectivity index (χ2v) is 4.39. The molecule has 1 aliphatic rings. The SMILES string of the molecule is CN1C(=O)N(C#N)CC1c1ccc2oc(=O)[nH]c2c1. The standard InChI is InChI=1S/C12H10N4O3/c1-15-9(5-16(6-13)12(15)18)7-2-3-10-8(4-7)14-11(17)19-10/h2-4,9H,5H2,1H3,(H,14,17). The Morgan fingerprint density at radius 1 is 1.47 bits per heavy atom. The van der Waals surface area contributed by atoms with Crippen LogP contribution in [0.15, 0.2) is 27.4 Å². The maximum absolute atomic E-state index is 11.7. The monoisotopic (exact) mass is 258 g/mol. The number of aromatic amines is 1. The van der Waals surface area contributed by atoms with Crippen LogP contribution in [0.4, 0.5) is 4.79 Å². The van der Waals surface area contributed by atoms with E-state index >= 15 is 0 Å². The summed E-state index contributed by atoms with van der Waals surface area (Å²) in [6.45, 7) is 0.305. The molecular weight excluding hydrogens is 248 g/mol. The third kappa shape index (κ3) is 1.65. The summed E-state index contributed by atoms with van der Waals surface area (Å²) < 4.78 is 4.92. The molecule has 19 heavy (non-hydrogen) atoms. The van der Waals surface area contributed by atoms with Crippen molar-refractivity contribution in [2.45, 2.75) is 6.04 Å². The summed E-state index contributed by atoms with van der Waals surface area (Å²) in [4.78, 5) is 28.0. The van der Waals surface area contributed by atoms with Crippen LogP contribution in [-0.4, -0.2) is 34.4 Å². The quantitative estimate of drug-likeness (QED) is 0.772. The zero-order chi connectivity index (χ0) is 13.6. The van der Waals surface area contributed by atoms with Crippen LogP contribution in [0.1, 0.15) is 11.6 Å². The zero-order valence-electron chi connectivity index (χ0n) is 10.1. The van der Waals surface area contributed by atoms with E-state index in [4.69, 9.17) is 9.68 Å². The molecule has 2 amide bonds. The van der Waals surface area contributed by atoms with E-state index < -0.39 is 5.76 Å². The van der Waals surface area contributed by atoms with Gasteiger partial charge in [0.1, 0.15) is 0 Å². The Bertz CT molecular complexity index is 754. The number of H-pyrrole nitrogens is 1. The second kappa shape index (κ2) is 3.88. The Hall–Kier alpha value is -2.75. The lowest BCUT2D eigenvalue weighted by Crippen LogP contribution is -2.26. The van der Waals surface area contributed by atoms with Crippen LogP contribution >= 0.6 is 0 Å². The Balaban J connectivity index is 2.03. The highest BCUT2D eigenvalue weighted by molar-refractivity contribution is 5.79. The summed E-state index contributed by atoms with van der Waals surface area (Å²) in [6, 6.07) is 4.68. The number of urea groups is 1. The fourth-order valence-electron chi connectivity index (χ4n) is 2.29. The highest BCUT2D eigenvalue weighted by atomic mass is 16.4. The number of benzene rings is 1. The molecule has 0 radical (unpaired) electrons. The van der Waals surface area contributed by atoms with Gasteiger partial charge in [-0.3, -0.25) is 4.98 Å². The number of nitrogens with zero attached hydrogens (tertiary/aromatic N) is 3. The summed E-state index contributed by atoms with van der Waals surface area (Å²) in [5.41, 5.74) is 1.90. The van der Waals surface area contributed by atoms with Crippen molar-refractivity contribution >= 4 is 17.1 Å². The van der Waals surface area contributed by atoms with Gasteiger partial charge >= 0.3 is 11.8 Å². The molecule has 1 saturated heterocycles. The van der Waals surface area contributed by atoms with Crippen molar-refractivity contribution in [3.63, 3.8) is 0 Å². The van der Waals surface area contributed by atoms with Crippen LogP contribution < -0.4 is 5.76 Å². The molecule has 96 valence electrons. The summed E-state index contributed by atoms with van der Waals surface area (Å²) in [5.74, 6) is -0.512. The fourth-order valence-corrected chi connectivity index (χ4v) is 2.29. The topological polar surface area (TPSA) is 93.3 Å². The molecule has 0 aliphatic carbocycles. The van der Waals surface area contributed by atoms with Gasteiger partial charge in [-0.15, -0.1) is 0 Å². The van der Waals surface area contributed by atoms with E-state index in [0.717, 1.165) is 10.5 Å². The minimum absolute atomic E-state index is 0.213. The number of nitriles is 1. The van der Waals surface area contributed by atoms with Gasteiger partial charge in [0.05, 0.1) is 18.1 Å². The third-order valence-electron chi connectivity index (χ3n) is 3.30. The largest absolute Gasteiger partial charge is 0.417 e. The summed E-state index contributed by atoms with van der Waals surface area (Å²) >= 11 is 0. The van der Waals surface area contributed by atoms with Crippen molar-refractivity contribution in [1.29, 1.82) is 5.26 Å². The molecule has 1 aromatic carbocycles. The fraction of sp³-hybridized carbons (Fsp3) is 0.250. The highest BCUT2D eigenvalue weighted by Crippen LogP contribution is 2.29. The molecule has 1 unspecified atom stereocenters. The van der Waals surface area contributed by atoms with Crippen LogP contribution in [0, 0.1) is 11.5 Å². The lowest BCUT2D eigenvalue weighted by atomic mass is 10.1. The molecule has 2 heterocycles. The predicted molar refractivity (Wildman–Crippen MR) is 65.1 cm³/mol. The number of carbonyl (C=O) groups excluding carboxylic acids is 1. The van der Waals surface area contributed by atoms with E-state index in [1.165, 1.54) is 4.90 Å². The Morgan fingerprint density at radius 2 is 2.26 bits per heavy atom. The number of nitrogens with one attached hydrogen (secondary N) is 1. The molecule has 7 nitrogen and oxygen atoms in total. The molecule has 1 aliphatic heterocycles. The number of amides is 2. The van der Waals surface area contributed by atoms with E-state index in [0.29, 0.717) is 17.6 Å². The van der Waals surface area contributed by atoms with Gasteiger partial charge in [0, 0.05) is 7.05 Å². The third-order valence-corrected chi connectivity index (χ3v) is 3.30. The number of fused-ring (bicyclic) bond motifs is 1. The molecule has 3 rings (SSSR count). The average molecular weight is 258 g/mol. The van der Waals surface area contributed by atoms with Gasteiger partial charge in [0.25, 0.3) is 0 Å². The van der Waals surface area contributed by atoms with Crippen molar-refractivity contribution in [3.8, 4) is 6.19 Å². The summed E-state index contributed by atoms with van der Waals surface area (Å²) in [6.07, 6.45) is 1.85. The Morgan fingerprint density at radius 3 is 2.95 bits per heavy atom. The number of carbonyl (C=O) groups is 1. The Labute approximate surface area is 107 Å². The minimum atomic E-state index is -0.512. The van der Waals surface area contributed by atoms with E-state index in [-0.39, 0.29) is 12.1 Å². The molecule has 1 aromatic heterocycles. The summed E-state index contributed by atoms with van der Waals surface area (Å²) in [7, 11) is 1.65. The van der Waals surface area contributed by atoms with E-state index in [1.807, 2.05) is 6.19 Å². The van der Waals surface area contributed by atoms with Crippen molar-refractivity contribution in [3.05, 3.63) is 34.3 Å². The maximum Gasteiger partial charge on any atom is 0.417 e. The van der Waals surface area contributed by atoms with Crippen LogP contribution in [0.3, 0.4) is 0 Å². The van der Waals surface area contributed by atoms with Gasteiger partial charge in [-0.2, -0.15) is 5.26 Å². The number of likely N-dealkylation sites (N-methyl/N-ethyl adjacent to an activating group) is 1. The van der Waals surface area contributed by atoms with Gasteiger partial charge in [-0.05, 0) is 17.7 Å². The number of hydrogen-bond acceptors (Lipinski definition) is 4. The van der Waals surface area contributed by atoms with Gasteiger partial charge in [0.15, 0.2) is 11.8 Å². The van der Waals surface area contributed by atoms with Crippen molar-refractivity contribution in [2.75, 3.05) is 13.6 Å². The van der Waals surface area contributed by atoms with Crippen molar-refractivity contribution in [2.24, 2.45) is 0 Å². The predicted octanol–water partition coefficient (Wildman–Crippen LogP) is 1.01. The first kappa shape index (κ1) is 11.3. The molecule has 0 spiro atoms. The number of oxazole rings is 1. The molecule has 1 fully saturated rings. The number of aromatic nitrogens is 1. The van der Waals surface area contributed by atoms with Gasteiger partial charge in [-0.25, -0.2) is 14.5 Å². The van der Waals surface area contributed by atoms with Crippen LogP contribution in [0.5, 0.6) is 0 Å². The van der Waals surface area contributed by atoms with Crippen LogP contribution in [0.25, 0.3) is 11.1 Å². The molecule has 0 bridgehead atoms. The molecule has 1 atom stereocenters. The van der Waals surface area contributed by atoms with E-state index in [2.05, 4.69) is 4.98 Å². The zero-order valence-corrected chi connectivity index (χ0v) is 10.1. The molecule has 7 heteroatoms. The van der Waals surface area contributed by atoms with E-state index in [9.17, 15) is 9.59 Å². The Kier molecular flexibility index (Phi) is 2.32. The van der Waals surface area contributed by atoms with E-state index in [1.54, 1.807) is 25.2 Å². The first-order chi connectivity index (χ1) is 9.10. The van der Waals surface area contributed by atoms with Crippen LogP contribution in [-0.2, 0) is 0 Å². The average Bonchev–Trinajstić information content (AvgIpc) is 2.90. The summed E-state index contributed by atoms with van der Waals surface area (Å²) in [5, 5.41) is 8.86. The lowest BCUT2D eigenvalue weighted by Gasteiger charge is -2.17. The van der Waals surface area contributed by atoms with Crippen LogP contribution in [0.2, 0.25) is 0 Å². The number of hydrogen-bond donors (Lipinski definition) is 1. The smallest absolute Gasteiger partial charge is 0.408 e. The second-order valence-electron chi connectivity index (χ2n) is 4.39. The molecular formula is C12H10N4O3. The normalized spacial score (nSPS) is 19.2. The first-order valence-electron chi connectivity index (χ1n) is 5.67. The van der Waals surface area contributed by atoms with Crippen molar-refractivity contribution in [1.82, 2.24) is 14.8 Å². The molecule has 1 N–H and O–H groups in total. The minimum Gasteiger partial charge on any atom is -0.408 e. The van der Waals surface area contributed by atoms with Gasteiger partial charge in [-0.1, -0.05) is 6.07 Å². The lowest BCUT2D eigenvalue weighted by molar-refractivity contribution is 0.205. The maximum atomic E-state index is 11.7. The van der Waals surface area contributed by atoms with Gasteiger partial charge < -0.3 is 9.32 Å².